The molecule has 1 aliphatic heterocycles. The first kappa shape index (κ1) is 9.17. The summed E-state index contributed by atoms with van der Waals surface area (Å²) in [5.41, 5.74) is 0. The predicted molar refractivity (Wildman–Crippen MR) is 56.1 cm³/mol. The molecular formula is C12H21NO. The van der Waals surface area contributed by atoms with Crippen molar-refractivity contribution in [2.75, 3.05) is 6.54 Å². The molecule has 3 rings (SSSR count). The summed E-state index contributed by atoms with van der Waals surface area (Å²) in [5, 5.41) is 9.68. The van der Waals surface area contributed by atoms with Gasteiger partial charge in [0.25, 0.3) is 0 Å². The van der Waals surface area contributed by atoms with E-state index in [4.69, 9.17) is 0 Å². The molecule has 1 saturated heterocycles. The van der Waals surface area contributed by atoms with Crippen LogP contribution in [0.1, 0.15) is 44.9 Å². The van der Waals surface area contributed by atoms with Gasteiger partial charge >= 0.3 is 0 Å². The molecule has 2 heteroatoms. The third-order valence-corrected chi connectivity index (χ3v) is 4.54. The summed E-state index contributed by atoms with van der Waals surface area (Å²) in [6.45, 7) is 1.34. The van der Waals surface area contributed by atoms with Gasteiger partial charge in [0.15, 0.2) is 0 Å². The molecule has 2 aliphatic carbocycles. The molecule has 1 heterocycles. The van der Waals surface area contributed by atoms with E-state index in [1.165, 1.54) is 38.6 Å². The van der Waals surface area contributed by atoms with Crippen LogP contribution in [-0.4, -0.2) is 34.7 Å². The Labute approximate surface area is 86.3 Å². The van der Waals surface area contributed by atoms with Crippen LogP contribution in [0.4, 0.5) is 0 Å². The Bertz CT molecular complexity index is 218. The number of aliphatic hydroxyl groups excluding tert-OH is 1. The molecule has 0 aromatic carbocycles. The van der Waals surface area contributed by atoms with Crippen molar-refractivity contribution < 1.29 is 5.11 Å². The number of likely N-dealkylation sites (tertiary alicyclic amines) is 1. The molecule has 4 unspecified atom stereocenters. The van der Waals surface area contributed by atoms with Crippen LogP contribution in [0.3, 0.4) is 0 Å². The first-order valence-corrected chi connectivity index (χ1v) is 6.27. The molecule has 3 aliphatic rings. The van der Waals surface area contributed by atoms with Crippen LogP contribution < -0.4 is 0 Å². The maximum Gasteiger partial charge on any atom is 0.0555 e. The average molecular weight is 195 g/mol. The minimum atomic E-state index is -0.00660. The van der Waals surface area contributed by atoms with E-state index in [0.717, 1.165) is 24.8 Å². The molecular weight excluding hydrogens is 174 g/mol. The van der Waals surface area contributed by atoms with Gasteiger partial charge in [-0.25, -0.2) is 0 Å². The highest BCUT2D eigenvalue weighted by Gasteiger charge is 2.41. The second kappa shape index (κ2) is 3.49. The molecule has 4 atom stereocenters. The fourth-order valence-electron chi connectivity index (χ4n) is 3.85. The third-order valence-electron chi connectivity index (χ3n) is 4.54. The van der Waals surface area contributed by atoms with Crippen molar-refractivity contribution in [1.29, 1.82) is 0 Å². The minimum absolute atomic E-state index is 0.00660. The third kappa shape index (κ3) is 1.49. The minimum Gasteiger partial charge on any atom is -0.393 e. The highest BCUT2D eigenvalue weighted by molar-refractivity contribution is 4.96. The molecule has 2 saturated carbocycles. The van der Waals surface area contributed by atoms with Crippen LogP contribution in [0.15, 0.2) is 0 Å². The largest absolute Gasteiger partial charge is 0.393 e. The highest BCUT2D eigenvalue weighted by Crippen LogP contribution is 2.40. The zero-order chi connectivity index (χ0) is 9.54. The van der Waals surface area contributed by atoms with Gasteiger partial charge in [-0.1, -0.05) is 0 Å². The van der Waals surface area contributed by atoms with E-state index in [1.807, 2.05) is 0 Å². The zero-order valence-electron chi connectivity index (χ0n) is 8.86. The van der Waals surface area contributed by atoms with Crippen molar-refractivity contribution in [3.63, 3.8) is 0 Å². The number of rotatable bonds is 1. The van der Waals surface area contributed by atoms with Crippen LogP contribution in [0.25, 0.3) is 0 Å². The normalized spacial score (nSPS) is 48.6. The monoisotopic (exact) mass is 195 g/mol. The van der Waals surface area contributed by atoms with Crippen molar-refractivity contribution in [2.45, 2.75) is 63.1 Å². The topological polar surface area (TPSA) is 23.5 Å². The van der Waals surface area contributed by atoms with Gasteiger partial charge in [-0.3, -0.25) is 4.90 Å². The molecule has 3 fully saturated rings. The lowest BCUT2D eigenvalue weighted by Crippen LogP contribution is -2.44. The Morgan fingerprint density at radius 1 is 0.929 bits per heavy atom. The summed E-state index contributed by atoms with van der Waals surface area (Å²) in [6, 6.07) is 1.60. The summed E-state index contributed by atoms with van der Waals surface area (Å²) in [7, 11) is 0. The molecule has 0 spiro atoms. The fraction of sp³-hybridized carbons (Fsp3) is 1.00. The van der Waals surface area contributed by atoms with Crippen LogP contribution in [-0.2, 0) is 0 Å². The SMILES string of the molecule is OC1CCCC(N2CC3CCC2C3)C1. The van der Waals surface area contributed by atoms with Crippen LogP contribution in [0.2, 0.25) is 0 Å². The summed E-state index contributed by atoms with van der Waals surface area (Å²) in [4.78, 5) is 2.72. The maximum absolute atomic E-state index is 9.68. The van der Waals surface area contributed by atoms with Gasteiger partial charge in [-0.05, 0) is 50.9 Å². The fourth-order valence-corrected chi connectivity index (χ4v) is 3.85. The Morgan fingerprint density at radius 3 is 2.43 bits per heavy atom. The molecule has 0 aromatic heterocycles. The lowest BCUT2D eigenvalue weighted by atomic mass is 9.91. The Morgan fingerprint density at radius 2 is 1.79 bits per heavy atom. The Hall–Kier alpha value is -0.0800. The van der Waals surface area contributed by atoms with Gasteiger partial charge in [-0.15, -0.1) is 0 Å². The lowest BCUT2D eigenvalue weighted by Gasteiger charge is -2.38. The first-order chi connectivity index (χ1) is 6.83. The maximum atomic E-state index is 9.68. The number of hydrogen-bond acceptors (Lipinski definition) is 2. The number of hydrogen-bond donors (Lipinski definition) is 1. The molecule has 2 bridgehead atoms. The molecule has 0 aromatic rings. The van der Waals surface area contributed by atoms with Crippen LogP contribution >= 0.6 is 0 Å². The number of aliphatic hydroxyl groups is 1. The van der Waals surface area contributed by atoms with Gasteiger partial charge in [0.1, 0.15) is 0 Å². The highest BCUT2D eigenvalue weighted by atomic mass is 16.3. The molecule has 2 nitrogen and oxygen atoms in total. The van der Waals surface area contributed by atoms with Crippen molar-refractivity contribution in [2.24, 2.45) is 5.92 Å². The first-order valence-electron chi connectivity index (χ1n) is 6.27. The van der Waals surface area contributed by atoms with E-state index < -0.39 is 0 Å². The van der Waals surface area contributed by atoms with E-state index in [1.54, 1.807) is 0 Å². The van der Waals surface area contributed by atoms with E-state index in [9.17, 15) is 5.11 Å². The molecule has 1 N–H and O–H groups in total. The quantitative estimate of drug-likeness (QED) is 0.689. The average Bonchev–Trinajstić information content (AvgIpc) is 2.78. The van der Waals surface area contributed by atoms with Gasteiger partial charge in [0, 0.05) is 18.6 Å². The van der Waals surface area contributed by atoms with Crippen LogP contribution in [0, 0.1) is 5.92 Å². The predicted octanol–water partition coefficient (Wildman–Crippen LogP) is 1.77. The van der Waals surface area contributed by atoms with E-state index in [2.05, 4.69) is 4.90 Å². The zero-order valence-corrected chi connectivity index (χ0v) is 8.86. The Balaban J connectivity index is 1.65. The van der Waals surface area contributed by atoms with Crippen molar-refractivity contribution in [3.8, 4) is 0 Å². The van der Waals surface area contributed by atoms with Crippen molar-refractivity contribution in [3.05, 3.63) is 0 Å². The molecule has 14 heavy (non-hydrogen) atoms. The van der Waals surface area contributed by atoms with Gasteiger partial charge in [0.2, 0.25) is 0 Å². The van der Waals surface area contributed by atoms with Crippen LogP contribution in [0.5, 0.6) is 0 Å². The summed E-state index contributed by atoms with van der Waals surface area (Å²) < 4.78 is 0. The second-order valence-electron chi connectivity index (χ2n) is 5.50. The smallest absolute Gasteiger partial charge is 0.0555 e. The molecule has 80 valence electrons. The molecule has 0 radical (unpaired) electrons. The van der Waals surface area contributed by atoms with Crippen molar-refractivity contribution >= 4 is 0 Å². The van der Waals surface area contributed by atoms with E-state index in [-0.39, 0.29) is 6.10 Å². The van der Waals surface area contributed by atoms with Gasteiger partial charge < -0.3 is 5.11 Å². The van der Waals surface area contributed by atoms with Gasteiger partial charge in [0.05, 0.1) is 6.10 Å². The van der Waals surface area contributed by atoms with E-state index >= 15 is 0 Å². The number of fused-ring (bicyclic) bond motifs is 2. The number of nitrogens with zero attached hydrogens (tertiary/aromatic N) is 1. The lowest BCUT2D eigenvalue weighted by molar-refractivity contribution is 0.0471. The number of piperidine rings is 1. The standard InChI is InChI=1S/C12H21NO/c14-12-3-1-2-10(7-12)13-8-9-4-5-11(13)6-9/h9-12,14H,1-8H2. The summed E-state index contributed by atoms with van der Waals surface area (Å²) >= 11 is 0. The summed E-state index contributed by atoms with van der Waals surface area (Å²) in [6.07, 6.45) is 9.00. The Kier molecular flexibility index (Phi) is 2.29. The van der Waals surface area contributed by atoms with E-state index in [0.29, 0.717) is 6.04 Å². The second-order valence-corrected chi connectivity index (χ2v) is 5.50. The summed E-state index contributed by atoms with van der Waals surface area (Å²) in [5.74, 6) is 0.999. The van der Waals surface area contributed by atoms with Gasteiger partial charge in [-0.2, -0.15) is 0 Å². The van der Waals surface area contributed by atoms with Crippen molar-refractivity contribution in [1.82, 2.24) is 4.90 Å². The molecule has 0 amide bonds.